The maximum Gasteiger partial charge on any atom is 0.316 e. The molecular weight excluding hydrogens is 471 g/mol. The SMILES string of the molecule is CC[C@H]1OC(=O)[C@H](C)C(=O)C[C@@H](I)[C@](C)(OC)C/C(C)=C\C(C)=C\C1(C)OC. The fourth-order valence-corrected chi connectivity index (χ4v) is 4.54. The predicted molar refractivity (Wildman–Crippen MR) is 120 cm³/mol. The Balaban J connectivity index is 3.47. The molecule has 0 aromatic carbocycles. The van der Waals surface area contributed by atoms with Crippen LogP contribution in [-0.2, 0) is 23.8 Å². The summed E-state index contributed by atoms with van der Waals surface area (Å²) in [4.78, 5) is 25.4. The topological polar surface area (TPSA) is 61.8 Å². The Morgan fingerprint density at radius 3 is 2.32 bits per heavy atom. The number of carbonyl (C=O) groups is 2. The lowest BCUT2D eigenvalue weighted by molar-refractivity contribution is -0.168. The maximum atomic E-state index is 12.7. The molecule has 0 amide bonds. The van der Waals surface area contributed by atoms with E-state index in [-0.39, 0.29) is 16.1 Å². The van der Waals surface area contributed by atoms with E-state index in [1.54, 1.807) is 21.1 Å². The maximum absolute atomic E-state index is 12.7. The Bertz CT molecular complexity index is 641. The minimum absolute atomic E-state index is 0.0698. The molecule has 5 nitrogen and oxygen atoms in total. The number of Topliss-reactive ketones (excluding diaryl/α,β-unsaturated/α-hetero) is 1. The largest absolute Gasteiger partial charge is 0.458 e. The number of halogens is 1. The van der Waals surface area contributed by atoms with Crippen molar-refractivity contribution in [2.75, 3.05) is 14.2 Å². The molecule has 0 aliphatic carbocycles. The lowest BCUT2D eigenvalue weighted by atomic mass is 9.87. The highest BCUT2D eigenvalue weighted by Crippen LogP contribution is 2.34. The zero-order valence-corrected chi connectivity index (χ0v) is 20.6. The normalized spacial score (nSPS) is 40.0. The summed E-state index contributed by atoms with van der Waals surface area (Å²) >= 11 is 2.26. The predicted octanol–water partition coefficient (Wildman–Crippen LogP) is 4.81. The smallest absolute Gasteiger partial charge is 0.316 e. The van der Waals surface area contributed by atoms with Gasteiger partial charge in [-0.2, -0.15) is 0 Å². The van der Waals surface area contributed by atoms with Crippen LogP contribution in [-0.4, -0.2) is 47.2 Å². The molecule has 0 saturated heterocycles. The summed E-state index contributed by atoms with van der Waals surface area (Å²) in [6.45, 7) is 11.6. The summed E-state index contributed by atoms with van der Waals surface area (Å²) in [5.74, 6) is -1.46. The summed E-state index contributed by atoms with van der Waals surface area (Å²) < 4.78 is 17.2. The summed E-state index contributed by atoms with van der Waals surface area (Å²) in [5.41, 5.74) is 0.886. The lowest BCUT2D eigenvalue weighted by Gasteiger charge is -2.36. The summed E-state index contributed by atoms with van der Waals surface area (Å²) in [7, 11) is 3.28. The van der Waals surface area contributed by atoms with Gasteiger partial charge in [-0.1, -0.05) is 46.7 Å². The van der Waals surface area contributed by atoms with Gasteiger partial charge >= 0.3 is 5.97 Å². The number of alkyl halides is 1. The van der Waals surface area contributed by atoms with Crippen LogP contribution in [0.15, 0.2) is 23.3 Å². The number of cyclic esters (lactones) is 1. The van der Waals surface area contributed by atoms with E-state index in [1.807, 2.05) is 33.8 Å². The number of methoxy groups -OCH3 is 2. The van der Waals surface area contributed by atoms with Crippen molar-refractivity contribution < 1.29 is 23.8 Å². The van der Waals surface area contributed by atoms with E-state index in [0.717, 1.165) is 11.1 Å². The number of ether oxygens (including phenoxy) is 3. The van der Waals surface area contributed by atoms with Crippen molar-refractivity contribution in [3.63, 3.8) is 0 Å². The molecule has 0 N–H and O–H groups in total. The van der Waals surface area contributed by atoms with Crippen LogP contribution in [0.25, 0.3) is 0 Å². The fourth-order valence-electron chi connectivity index (χ4n) is 3.63. The van der Waals surface area contributed by atoms with Gasteiger partial charge in [0.15, 0.2) is 0 Å². The fraction of sp³-hybridized carbons (Fsp3) is 0.727. The highest BCUT2D eigenvalue weighted by atomic mass is 127. The summed E-state index contributed by atoms with van der Waals surface area (Å²) in [5, 5.41) is 0. The van der Waals surface area contributed by atoms with Crippen LogP contribution in [0.3, 0.4) is 0 Å². The Kier molecular flexibility index (Phi) is 9.35. The van der Waals surface area contributed by atoms with E-state index in [0.29, 0.717) is 12.8 Å². The van der Waals surface area contributed by atoms with Gasteiger partial charge in [0, 0.05) is 24.6 Å². The average Bonchev–Trinajstić information content (AvgIpc) is 2.63. The zero-order valence-electron chi connectivity index (χ0n) is 18.4. The number of allylic oxidation sites excluding steroid dienone is 2. The number of esters is 1. The molecule has 0 bridgehead atoms. The number of hydrogen-bond acceptors (Lipinski definition) is 5. The van der Waals surface area contributed by atoms with E-state index in [4.69, 9.17) is 14.2 Å². The van der Waals surface area contributed by atoms with Crippen molar-refractivity contribution in [3.8, 4) is 0 Å². The van der Waals surface area contributed by atoms with Gasteiger partial charge in [-0.25, -0.2) is 0 Å². The molecule has 1 heterocycles. The number of ketones is 1. The Morgan fingerprint density at radius 1 is 1.21 bits per heavy atom. The Hall–Kier alpha value is -0.730. The van der Waals surface area contributed by atoms with Crippen molar-refractivity contribution in [2.24, 2.45) is 5.92 Å². The van der Waals surface area contributed by atoms with Crippen LogP contribution < -0.4 is 0 Å². The zero-order chi connectivity index (χ0) is 21.7. The van der Waals surface area contributed by atoms with Crippen molar-refractivity contribution in [3.05, 3.63) is 23.3 Å². The molecule has 1 rings (SSSR count). The van der Waals surface area contributed by atoms with Gasteiger partial charge in [0.25, 0.3) is 0 Å². The van der Waals surface area contributed by atoms with Gasteiger partial charge in [0.2, 0.25) is 0 Å². The van der Waals surface area contributed by atoms with Crippen molar-refractivity contribution >= 4 is 34.3 Å². The first-order valence-electron chi connectivity index (χ1n) is 9.76. The van der Waals surface area contributed by atoms with Crippen LogP contribution in [0, 0.1) is 5.92 Å². The minimum atomic E-state index is -0.821. The lowest BCUT2D eigenvalue weighted by Crippen LogP contribution is -2.44. The molecule has 160 valence electrons. The van der Waals surface area contributed by atoms with Gasteiger partial charge in [-0.3, -0.25) is 9.59 Å². The summed E-state index contributed by atoms with van der Waals surface area (Å²) in [6, 6.07) is 0. The molecule has 0 aromatic heterocycles. The third-order valence-electron chi connectivity index (χ3n) is 5.67. The van der Waals surface area contributed by atoms with Gasteiger partial charge < -0.3 is 14.2 Å². The Labute approximate surface area is 183 Å². The standard InChI is InChI=1S/C22H35IO5/c1-9-19-22(6,27-8)13-15(3)10-14(2)12-21(5,26-7)18(23)11-17(24)16(4)20(25)28-19/h10,13,16,18-19H,9,11-12H2,1-8H3/b14-10-,15-13+/t16-,18-,19-,21-,22?/m1/s1. The minimum Gasteiger partial charge on any atom is -0.458 e. The third kappa shape index (κ3) is 6.13. The van der Waals surface area contributed by atoms with E-state index in [9.17, 15) is 9.59 Å². The van der Waals surface area contributed by atoms with E-state index in [1.165, 1.54) is 0 Å². The average molecular weight is 506 g/mol. The van der Waals surface area contributed by atoms with Crippen molar-refractivity contribution in [1.82, 2.24) is 0 Å². The number of hydrogen-bond donors (Lipinski definition) is 0. The van der Waals surface area contributed by atoms with Crippen LogP contribution >= 0.6 is 22.6 Å². The monoisotopic (exact) mass is 506 g/mol. The number of carbonyl (C=O) groups excluding carboxylic acids is 2. The van der Waals surface area contributed by atoms with Crippen LogP contribution in [0.5, 0.6) is 0 Å². The highest BCUT2D eigenvalue weighted by molar-refractivity contribution is 14.1. The molecule has 28 heavy (non-hydrogen) atoms. The number of rotatable bonds is 3. The van der Waals surface area contributed by atoms with Gasteiger partial charge in [-0.15, -0.1) is 0 Å². The van der Waals surface area contributed by atoms with Crippen LogP contribution in [0.4, 0.5) is 0 Å². The highest BCUT2D eigenvalue weighted by Gasteiger charge is 2.39. The molecule has 1 aliphatic heterocycles. The van der Waals surface area contributed by atoms with Gasteiger partial charge in [0.1, 0.15) is 23.4 Å². The molecule has 1 aliphatic rings. The molecule has 6 heteroatoms. The van der Waals surface area contributed by atoms with E-state index in [2.05, 4.69) is 35.6 Å². The quantitative estimate of drug-likeness (QED) is 0.238. The first-order chi connectivity index (χ1) is 12.9. The molecular formula is C22H35IO5. The van der Waals surface area contributed by atoms with E-state index < -0.39 is 29.2 Å². The first kappa shape index (κ1) is 25.3. The van der Waals surface area contributed by atoms with Gasteiger partial charge in [-0.05, 0) is 53.5 Å². The summed E-state index contributed by atoms with van der Waals surface area (Å²) in [6.07, 6.45) is 5.13. The molecule has 0 spiro atoms. The second-order valence-electron chi connectivity index (χ2n) is 8.15. The first-order valence-corrected chi connectivity index (χ1v) is 11.0. The Morgan fingerprint density at radius 2 is 1.82 bits per heavy atom. The third-order valence-corrected chi connectivity index (χ3v) is 7.43. The van der Waals surface area contributed by atoms with Crippen molar-refractivity contribution in [2.45, 2.75) is 82.0 Å². The van der Waals surface area contributed by atoms with Crippen molar-refractivity contribution in [1.29, 1.82) is 0 Å². The van der Waals surface area contributed by atoms with Crippen LogP contribution in [0.2, 0.25) is 0 Å². The molecule has 5 atom stereocenters. The molecule has 0 radical (unpaired) electrons. The van der Waals surface area contributed by atoms with E-state index >= 15 is 0 Å². The molecule has 0 fully saturated rings. The molecule has 1 unspecified atom stereocenters. The molecule has 0 saturated carbocycles. The van der Waals surface area contributed by atoms with Crippen LogP contribution in [0.1, 0.15) is 60.8 Å². The van der Waals surface area contributed by atoms with Gasteiger partial charge in [0.05, 0.1) is 5.60 Å². The second kappa shape index (κ2) is 10.3. The second-order valence-corrected chi connectivity index (χ2v) is 9.66. The molecule has 0 aromatic rings.